The standard InChI is InChI=1S/C14H26O9/c15-9-10-13-11(16)12(17)14(23-10)22-8-6-20-4-2-18-1-3-19-5-7-21-13/h10-17H,1-9H2/t10-,11-,12-,13-,14+/m1/s1. The minimum atomic E-state index is -1.28. The summed E-state index contributed by atoms with van der Waals surface area (Å²) in [5.41, 5.74) is 0. The summed E-state index contributed by atoms with van der Waals surface area (Å²) >= 11 is 0. The van der Waals surface area contributed by atoms with Crippen LogP contribution in [0.25, 0.3) is 0 Å². The summed E-state index contributed by atoms with van der Waals surface area (Å²) < 4.78 is 32.3. The first-order chi connectivity index (χ1) is 11.2. The molecule has 23 heavy (non-hydrogen) atoms. The van der Waals surface area contributed by atoms with Crippen LogP contribution in [0, 0.1) is 0 Å². The summed E-state index contributed by atoms with van der Waals surface area (Å²) in [4.78, 5) is 0. The van der Waals surface area contributed by atoms with Gasteiger partial charge >= 0.3 is 0 Å². The highest BCUT2D eigenvalue weighted by atomic mass is 16.7. The van der Waals surface area contributed by atoms with E-state index in [2.05, 4.69) is 0 Å². The van der Waals surface area contributed by atoms with Crippen molar-refractivity contribution in [3.8, 4) is 0 Å². The molecule has 3 fully saturated rings. The topological polar surface area (TPSA) is 116 Å². The molecule has 136 valence electrons. The van der Waals surface area contributed by atoms with Gasteiger partial charge in [-0.05, 0) is 0 Å². The lowest BCUT2D eigenvalue weighted by atomic mass is 9.99. The van der Waals surface area contributed by atoms with Crippen LogP contribution in [0.15, 0.2) is 0 Å². The molecule has 9 nitrogen and oxygen atoms in total. The van der Waals surface area contributed by atoms with Gasteiger partial charge in [0.05, 0.1) is 59.5 Å². The van der Waals surface area contributed by atoms with Gasteiger partial charge in [0, 0.05) is 0 Å². The number of fused-ring (bicyclic) bond motifs is 14. The van der Waals surface area contributed by atoms with E-state index in [4.69, 9.17) is 28.4 Å². The summed E-state index contributed by atoms with van der Waals surface area (Å²) in [6.07, 6.45) is -5.21. The van der Waals surface area contributed by atoms with Crippen LogP contribution in [0.1, 0.15) is 0 Å². The first-order valence-corrected chi connectivity index (χ1v) is 7.83. The molecule has 3 aliphatic heterocycles. The number of aliphatic hydroxyl groups excluding tert-OH is 3. The lowest BCUT2D eigenvalue weighted by molar-refractivity contribution is -0.309. The highest BCUT2D eigenvalue weighted by Crippen LogP contribution is 2.24. The fourth-order valence-corrected chi connectivity index (χ4v) is 2.40. The molecule has 0 aromatic heterocycles. The highest BCUT2D eigenvalue weighted by molar-refractivity contribution is 4.90. The second kappa shape index (κ2) is 10.5. The third-order valence-electron chi connectivity index (χ3n) is 3.61. The molecule has 3 heterocycles. The Labute approximate surface area is 135 Å². The molecule has 0 spiro atoms. The smallest absolute Gasteiger partial charge is 0.186 e. The van der Waals surface area contributed by atoms with E-state index >= 15 is 0 Å². The van der Waals surface area contributed by atoms with Gasteiger partial charge in [-0.1, -0.05) is 0 Å². The largest absolute Gasteiger partial charge is 0.394 e. The van der Waals surface area contributed by atoms with Gasteiger partial charge in [0.1, 0.15) is 24.4 Å². The fourth-order valence-electron chi connectivity index (χ4n) is 2.40. The van der Waals surface area contributed by atoms with Crippen molar-refractivity contribution in [2.45, 2.75) is 30.7 Å². The molecule has 0 unspecified atom stereocenters. The Balaban J connectivity index is 1.93. The van der Waals surface area contributed by atoms with Crippen LogP contribution in [-0.2, 0) is 28.4 Å². The Bertz CT molecular complexity index is 313. The minimum Gasteiger partial charge on any atom is -0.394 e. The Morgan fingerprint density at radius 2 is 1.22 bits per heavy atom. The second-order valence-corrected chi connectivity index (χ2v) is 5.25. The summed E-state index contributed by atoms with van der Waals surface area (Å²) in [6.45, 7) is 2.37. The molecule has 0 saturated carbocycles. The van der Waals surface area contributed by atoms with Crippen LogP contribution >= 0.6 is 0 Å². The van der Waals surface area contributed by atoms with Crippen molar-refractivity contribution in [2.75, 3.05) is 59.5 Å². The van der Waals surface area contributed by atoms with Gasteiger partial charge < -0.3 is 43.7 Å². The molecule has 0 aliphatic carbocycles. The first-order valence-electron chi connectivity index (χ1n) is 7.83. The van der Waals surface area contributed by atoms with Gasteiger partial charge in [-0.2, -0.15) is 0 Å². The first kappa shape index (κ1) is 19.0. The number of hydrogen-bond acceptors (Lipinski definition) is 9. The predicted molar refractivity (Wildman–Crippen MR) is 75.9 cm³/mol. The third kappa shape index (κ3) is 5.89. The van der Waals surface area contributed by atoms with Crippen LogP contribution in [-0.4, -0.2) is 105 Å². The number of hydrogen-bond donors (Lipinski definition) is 3. The van der Waals surface area contributed by atoms with Crippen molar-refractivity contribution < 1.29 is 43.7 Å². The number of aliphatic hydroxyl groups is 3. The van der Waals surface area contributed by atoms with E-state index in [-0.39, 0.29) is 19.8 Å². The molecule has 0 amide bonds. The Morgan fingerprint density at radius 3 is 1.78 bits per heavy atom. The van der Waals surface area contributed by atoms with Crippen molar-refractivity contribution in [2.24, 2.45) is 0 Å². The molecule has 3 aliphatic rings. The zero-order chi connectivity index (χ0) is 16.5. The summed E-state index contributed by atoms with van der Waals surface area (Å²) in [5.74, 6) is 0. The van der Waals surface area contributed by atoms with Crippen LogP contribution in [0.2, 0.25) is 0 Å². The third-order valence-corrected chi connectivity index (χ3v) is 3.61. The quantitative estimate of drug-likeness (QED) is 0.462. The molecular formula is C14H26O9. The average Bonchev–Trinajstić information content (AvgIpc) is 2.56. The molecule has 0 aromatic rings. The van der Waals surface area contributed by atoms with E-state index in [1.165, 1.54) is 0 Å². The van der Waals surface area contributed by atoms with Crippen molar-refractivity contribution in [3.05, 3.63) is 0 Å². The maximum atomic E-state index is 10.2. The molecule has 3 rings (SSSR count). The van der Waals surface area contributed by atoms with Crippen LogP contribution in [0.5, 0.6) is 0 Å². The van der Waals surface area contributed by atoms with Gasteiger partial charge in [-0.25, -0.2) is 0 Å². The van der Waals surface area contributed by atoms with Gasteiger partial charge in [0.25, 0.3) is 0 Å². The molecular weight excluding hydrogens is 312 g/mol. The molecule has 0 radical (unpaired) electrons. The number of rotatable bonds is 1. The fraction of sp³-hybridized carbons (Fsp3) is 1.00. The van der Waals surface area contributed by atoms with Gasteiger partial charge in [-0.15, -0.1) is 0 Å². The van der Waals surface area contributed by atoms with E-state index in [0.29, 0.717) is 39.6 Å². The summed E-state index contributed by atoms with van der Waals surface area (Å²) in [6, 6.07) is 0. The average molecular weight is 338 g/mol. The second-order valence-electron chi connectivity index (χ2n) is 5.25. The van der Waals surface area contributed by atoms with Crippen LogP contribution < -0.4 is 0 Å². The van der Waals surface area contributed by atoms with E-state index in [1.807, 2.05) is 0 Å². The van der Waals surface area contributed by atoms with Crippen molar-refractivity contribution in [1.29, 1.82) is 0 Å². The van der Waals surface area contributed by atoms with E-state index in [1.54, 1.807) is 0 Å². The zero-order valence-electron chi connectivity index (χ0n) is 13.0. The molecule has 9 heteroatoms. The summed E-state index contributed by atoms with van der Waals surface area (Å²) in [7, 11) is 0. The lowest BCUT2D eigenvalue weighted by Gasteiger charge is -2.41. The summed E-state index contributed by atoms with van der Waals surface area (Å²) in [5, 5.41) is 29.7. The van der Waals surface area contributed by atoms with Crippen molar-refractivity contribution in [3.63, 3.8) is 0 Å². The van der Waals surface area contributed by atoms with Crippen molar-refractivity contribution >= 4 is 0 Å². The maximum Gasteiger partial charge on any atom is 0.186 e. The van der Waals surface area contributed by atoms with Gasteiger partial charge in [0.2, 0.25) is 0 Å². The SMILES string of the molecule is OC[C@H]1O[C@@H]2OCCOCCOCCOCCO[C@H]1[C@H](O)[C@H]2O. The van der Waals surface area contributed by atoms with Gasteiger partial charge in [-0.3, -0.25) is 0 Å². The Morgan fingerprint density at radius 1 is 0.696 bits per heavy atom. The van der Waals surface area contributed by atoms with E-state index in [9.17, 15) is 15.3 Å². The number of ether oxygens (including phenoxy) is 6. The molecule has 3 saturated heterocycles. The Hall–Kier alpha value is -0.360. The molecule has 0 aromatic carbocycles. The predicted octanol–water partition coefficient (Wildman–Crippen LogP) is -2.11. The monoisotopic (exact) mass is 338 g/mol. The highest BCUT2D eigenvalue weighted by Gasteiger charge is 2.45. The molecule has 3 N–H and O–H groups in total. The minimum absolute atomic E-state index is 0.182. The Kier molecular flexibility index (Phi) is 8.66. The normalized spacial score (nSPS) is 39.0. The van der Waals surface area contributed by atoms with Gasteiger partial charge in [0.15, 0.2) is 6.29 Å². The van der Waals surface area contributed by atoms with E-state index in [0.717, 1.165) is 0 Å². The van der Waals surface area contributed by atoms with Crippen LogP contribution in [0.3, 0.4) is 0 Å². The molecule has 5 atom stereocenters. The molecule has 2 bridgehead atoms. The van der Waals surface area contributed by atoms with Crippen LogP contribution in [0.4, 0.5) is 0 Å². The van der Waals surface area contributed by atoms with E-state index < -0.39 is 30.7 Å². The van der Waals surface area contributed by atoms with Crippen molar-refractivity contribution in [1.82, 2.24) is 0 Å². The zero-order valence-corrected chi connectivity index (χ0v) is 13.0. The lowest BCUT2D eigenvalue weighted by Crippen LogP contribution is -2.60. The maximum absolute atomic E-state index is 10.2.